The third kappa shape index (κ3) is 6.61. The maximum absolute atomic E-state index is 13.1. The van der Waals surface area contributed by atoms with Crippen LogP contribution >= 0.6 is 0 Å². The Kier molecular flexibility index (Phi) is 9.18. The first kappa shape index (κ1) is 22.4. The number of hydrogen-bond acceptors (Lipinski definition) is 4. The van der Waals surface area contributed by atoms with Gasteiger partial charge in [0.1, 0.15) is 11.8 Å². The molecule has 0 aliphatic rings. The number of nitrogens with one attached hydrogen (secondary N) is 1. The van der Waals surface area contributed by atoms with Crippen LogP contribution < -0.4 is 10.1 Å². The van der Waals surface area contributed by atoms with Crippen molar-refractivity contribution in [1.29, 1.82) is 0 Å². The minimum absolute atomic E-state index is 0.000607. The third-order valence-corrected chi connectivity index (χ3v) is 4.61. The number of methoxy groups -OCH3 is 1. The summed E-state index contributed by atoms with van der Waals surface area (Å²) in [6, 6.07) is 16.1. The molecular formula is C23H30N2O4. The van der Waals surface area contributed by atoms with E-state index in [1.807, 2.05) is 61.5 Å². The molecule has 0 spiro atoms. The average molecular weight is 399 g/mol. The molecular weight excluding hydrogens is 368 g/mol. The van der Waals surface area contributed by atoms with Gasteiger partial charge >= 0.3 is 0 Å². The molecule has 2 aromatic rings. The summed E-state index contributed by atoms with van der Waals surface area (Å²) in [5.74, 6) is 0.415. The molecule has 0 radical (unpaired) electrons. The second-order valence-electron chi connectivity index (χ2n) is 6.80. The average Bonchev–Trinajstić information content (AvgIpc) is 2.75. The van der Waals surface area contributed by atoms with Crippen molar-refractivity contribution in [2.75, 3.05) is 20.3 Å². The van der Waals surface area contributed by atoms with Crippen molar-refractivity contribution in [3.8, 4) is 5.75 Å². The number of rotatable bonds is 11. The molecule has 0 saturated heterocycles. The Morgan fingerprint density at radius 3 is 2.38 bits per heavy atom. The SMILES string of the molecule is CCCC(=O)N(Cc1ccc(OC)cc1)C(C(=O)NCCCO)c1ccccc1. The first-order valence-corrected chi connectivity index (χ1v) is 9.96. The summed E-state index contributed by atoms with van der Waals surface area (Å²) >= 11 is 0. The maximum atomic E-state index is 13.1. The lowest BCUT2D eigenvalue weighted by atomic mass is 10.0. The van der Waals surface area contributed by atoms with E-state index in [1.165, 1.54) is 0 Å². The molecule has 1 unspecified atom stereocenters. The fraction of sp³-hybridized carbons (Fsp3) is 0.391. The van der Waals surface area contributed by atoms with Crippen LogP contribution in [0, 0.1) is 0 Å². The van der Waals surface area contributed by atoms with Crippen LogP contribution in [0.4, 0.5) is 0 Å². The summed E-state index contributed by atoms with van der Waals surface area (Å²) in [7, 11) is 1.61. The summed E-state index contributed by atoms with van der Waals surface area (Å²) in [5.41, 5.74) is 1.67. The number of aliphatic hydroxyl groups is 1. The molecule has 0 bridgehead atoms. The van der Waals surface area contributed by atoms with E-state index in [-0.39, 0.29) is 18.4 Å². The fourth-order valence-corrected chi connectivity index (χ4v) is 3.10. The highest BCUT2D eigenvalue weighted by atomic mass is 16.5. The summed E-state index contributed by atoms with van der Waals surface area (Å²) in [6.07, 6.45) is 1.53. The zero-order valence-corrected chi connectivity index (χ0v) is 17.1. The van der Waals surface area contributed by atoms with Crippen LogP contribution in [0.1, 0.15) is 43.4 Å². The van der Waals surface area contributed by atoms with Crippen molar-refractivity contribution >= 4 is 11.8 Å². The molecule has 0 saturated carbocycles. The van der Waals surface area contributed by atoms with Crippen LogP contribution in [0.5, 0.6) is 5.75 Å². The lowest BCUT2D eigenvalue weighted by Crippen LogP contribution is -2.43. The summed E-state index contributed by atoms with van der Waals surface area (Å²) in [6.45, 7) is 2.62. The summed E-state index contributed by atoms with van der Waals surface area (Å²) in [4.78, 5) is 27.7. The van der Waals surface area contributed by atoms with Gasteiger partial charge in [0.2, 0.25) is 11.8 Å². The van der Waals surface area contributed by atoms with Gasteiger partial charge in [-0.2, -0.15) is 0 Å². The molecule has 2 aromatic carbocycles. The predicted molar refractivity (Wildman–Crippen MR) is 112 cm³/mol. The van der Waals surface area contributed by atoms with E-state index in [9.17, 15) is 9.59 Å². The zero-order chi connectivity index (χ0) is 21.1. The third-order valence-electron chi connectivity index (χ3n) is 4.61. The highest BCUT2D eigenvalue weighted by molar-refractivity contribution is 5.88. The Morgan fingerprint density at radius 1 is 1.10 bits per heavy atom. The van der Waals surface area contributed by atoms with Crippen molar-refractivity contribution in [2.45, 2.75) is 38.8 Å². The zero-order valence-electron chi connectivity index (χ0n) is 17.1. The molecule has 0 heterocycles. The Bertz CT molecular complexity index is 762. The molecule has 0 fully saturated rings. The highest BCUT2D eigenvalue weighted by Gasteiger charge is 2.30. The number of hydrogen-bond donors (Lipinski definition) is 2. The predicted octanol–water partition coefficient (Wildman–Crippen LogP) is 3.06. The largest absolute Gasteiger partial charge is 0.497 e. The number of amides is 2. The monoisotopic (exact) mass is 398 g/mol. The van der Waals surface area contributed by atoms with Gasteiger partial charge in [-0.25, -0.2) is 0 Å². The standard InChI is InChI=1S/C23H30N2O4/c1-3-8-21(27)25(17-18-11-13-20(29-2)14-12-18)22(19-9-5-4-6-10-19)23(28)24-15-7-16-26/h4-6,9-14,22,26H,3,7-8,15-17H2,1-2H3,(H,24,28). The van der Waals surface area contributed by atoms with Gasteiger partial charge in [-0.3, -0.25) is 9.59 Å². The van der Waals surface area contributed by atoms with Crippen molar-refractivity contribution in [3.05, 3.63) is 65.7 Å². The van der Waals surface area contributed by atoms with Gasteiger partial charge in [-0.1, -0.05) is 49.4 Å². The number of carbonyl (C=O) groups excluding carboxylic acids is 2. The van der Waals surface area contributed by atoms with E-state index in [1.54, 1.807) is 12.0 Å². The van der Waals surface area contributed by atoms with Gasteiger partial charge in [0, 0.05) is 26.1 Å². The topological polar surface area (TPSA) is 78.9 Å². The quantitative estimate of drug-likeness (QED) is 0.570. The number of ether oxygens (including phenoxy) is 1. The van der Waals surface area contributed by atoms with Crippen molar-refractivity contribution in [2.24, 2.45) is 0 Å². The molecule has 2 rings (SSSR count). The number of benzene rings is 2. The van der Waals surface area contributed by atoms with Gasteiger partial charge in [-0.15, -0.1) is 0 Å². The van der Waals surface area contributed by atoms with Crippen molar-refractivity contribution in [3.63, 3.8) is 0 Å². The molecule has 0 aliphatic carbocycles. The van der Waals surface area contributed by atoms with Gasteiger partial charge in [0.05, 0.1) is 7.11 Å². The number of aliphatic hydroxyl groups excluding tert-OH is 1. The fourth-order valence-electron chi connectivity index (χ4n) is 3.10. The van der Waals surface area contributed by atoms with E-state index < -0.39 is 6.04 Å². The van der Waals surface area contributed by atoms with E-state index in [4.69, 9.17) is 9.84 Å². The van der Waals surface area contributed by atoms with E-state index in [0.29, 0.717) is 32.4 Å². The lowest BCUT2D eigenvalue weighted by molar-refractivity contribution is -0.141. The highest BCUT2D eigenvalue weighted by Crippen LogP contribution is 2.25. The minimum atomic E-state index is -0.740. The van der Waals surface area contributed by atoms with Crippen LogP contribution in [-0.2, 0) is 16.1 Å². The molecule has 0 aromatic heterocycles. The van der Waals surface area contributed by atoms with E-state index in [0.717, 1.165) is 16.9 Å². The van der Waals surface area contributed by atoms with Crippen molar-refractivity contribution in [1.82, 2.24) is 10.2 Å². The molecule has 6 heteroatoms. The van der Waals surface area contributed by atoms with Crippen LogP contribution in [0.2, 0.25) is 0 Å². The lowest BCUT2D eigenvalue weighted by Gasteiger charge is -2.31. The molecule has 156 valence electrons. The van der Waals surface area contributed by atoms with E-state index in [2.05, 4.69) is 5.32 Å². The van der Waals surface area contributed by atoms with Crippen molar-refractivity contribution < 1.29 is 19.4 Å². The molecule has 2 amide bonds. The summed E-state index contributed by atoms with van der Waals surface area (Å²) < 4.78 is 5.21. The van der Waals surface area contributed by atoms with E-state index >= 15 is 0 Å². The van der Waals surface area contributed by atoms with Gasteiger partial charge in [0.25, 0.3) is 0 Å². The number of nitrogens with zero attached hydrogens (tertiary/aromatic N) is 1. The second-order valence-corrected chi connectivity index (χ2v) is 6.80. The summed E-state index contributed by atoms with van der Waals surface area (Å²) in [5, 5.41) is 11.9. The Hall–Kier alpha value is -2.86. The van der Waals surface area contributed by atoms with Gasteiger partial charge < -0.3 is 20.1 Å². The smallest absolute Gasteiger partial charge is 0.247 e. The first-order valence-electron chi connectivity index (χ1n) is 9.96. The molecule has 0 aliphatic heterocycles. The molecule has 6 nitrogen and oxygen atoms in total. The normalized spacial score (nSPS) is 11.6. The molecule has 1 atom stereocenters. The second kappa shape index (κ2) is 11.9. The maximum Gasteiger partial charge on any atom is 0.247 e. The first-order chi connectivity index (χ1) is 14.1. The van der Waals surface area contributed by atoms with Crippen LogP contribution in [-0.4, -0.2) is 42.1 Å². The minimum Gasteiger partial charge on any atom is -0.497 e. The van der Waals surface area contributed by atoms with Crippen LogP contribution in [0.15, 0.2) is 54.6 Å². The van der Waals surface area contributed by atoms with Crippen LogP contribution in [0.3, 0.4) is 0 Å². The number of carbonyl (C=O) groups is 2. The molecule has 29 heavy (non-hydrogen) atoms. The van der Waals surface area contributed by atoms with Gasteiger partial charge in [-0.05, 0) is 36.1 Å². The van der Waals surface area contributed by atoms with Crippen LogP contribution in [0.25, 0.3) is 0 Å². The van der Waals surface area contributed by atoms with Gasteiger partial charge in [0.15, 0.2) is 0 Å². The Balaban J connectivity index is 2.36. The Morgan fingerprint density at radius 2 is 1.79 bits per heavy atom. The Labute approximate surface area is 172 Å². The molecule has 2 N–H and O–H groups in total.